The molecule has 2 rings (SSSR count). The number of hydrogen-bond acceptors (Lipinski definition) is 3. The number of carbonyl (C=O) groups excluding carboxylic acids is 2. The zero-order valence-corrected chi connectivity index (χ0v) is 12.0. The number of amides is 2. The van der Waals surface area contributed by atoms with Crippen molar-refractivity contribution in [2.75, 3.05) is 6.54 Å². The summed E-state index contributed by atoms with van der Waals surface area (Å²) in [7, 11) is 0. The molecule has 2 atom stereocenters. The van der Waals surface area contributed by atoms with E-state index in [1.165, 1.54) is 4.88 Å². The highest BCUT2D eigenvalue weighted by Gasteiger charge is 2.31. The summed E-state index contributed by atoms with van der Waals surface area (Å²) >= 11 is 1.70. The van der Waals surface area contributed by atoms with Gasteiger partial charge in [0.1, 0.15) is 6.04 Å². The van der Waals surface area contributed by atoms with Gasteiger partial charge in [0.2, 0.25) is 11.8 Å². The molecule has 4 nitrogen and oxygen atoms in total. The second-order valence-electron chi connectivity index (χ2n) is 4.97. The van der Waals surface area contributed by atoms with Crippen molar-refractivity contribution >= 4 is 23.2 Å². The molecule has 2 unspecified atom stereocenters. The van der Waals surface area contributed by atoms with Crippen molar-refractivity contribution < 1.29 is 9.59 Å². The lowest BCUT2D eigenvalue weighted by Gasteiger charge is -2.27. The molecular formula is C14H20N2O2S. The molecule has 0 spiro atoms. The van der Waals surface area contributed by atoms with Crippen LogP contribution in [0.5, 0.6) is 0 Å². The molecule has 1 fully saturated rings. The van der Waals surface area contributed by atoms with Gasteiger partial charge < -0.3 is 10.6 Å². The molecule has 0 aliphatic carbocycles. The van der Waals surface area contributed by atoms with Crippen LogP contribution in [0.4, 0.5) is 0 Å². The molecule has 2 amide bonds. The van der Waals surface area contributed by atoms with E-state index in [0.717, 1.165) is 12.8 Å². The van der Waals surface area contributed by atoms with Crippen LogP contribution in [0.3, 0.4) is 0 Å². The van der Waals surface area contributed by atoms with Gasteiger partial charge in [0.05, 0.1) is 0 Å². The summed E-state index contributed by atoms with van der Waals surface area (Å²) in [6, 6.07) is 3.66. The Labute approximate surface area is 117 Å². The van der Waals surface area contributed by atoms with Gasteiger partial charge in [-0.1, -0.05) is 13.0 Å². The fourth-order valence-electron chi connectivity index (χ4n) is 2.73. The third kappa shape index (κ3) is 3.15. The van der Waals surface area contributed by atoms with Crippen LogP contribution in [0.25, 0.3) is 0 Å². The van der Waals surface area contributed by atoms with E-state index in [0.29, 0.717) is 25.3 Å². The van der Waals surface area contributed by atoms with Gasteiger partial charge in [-0.15, -0.1) is 11.3 Å². The summed E-state index contributed by atoms with van der Waals surface area (Å²) in [5.74, 6) is -0.0464. The monoisotopic (exact) mass is 280 g/mol. The quantitative estimate of drug-likeness (QED) is 0.918. The second-order valence-corrected chi connectivity index (χ2v) is 5.95. The van der Waals surface area contributed by atoms with Crippen LogP contribution in [-0.2, 0) is 9.59 Å². The van der Waals surface area contributed by atoms with Crippen molar-refractivity contribution in [3.8, 4) is 0 Å². The molecule has 0 aromatic carbocycles. The summed E-state index contributed by atoms with van der Waals surface area (Å²) in [6.07, 6.45) is 3.01. The van der Waals surface area contributed by atoms with E-state index in [1.807, 2.05) is 18.4 Å². The van der Waals surface area contributed by atoms with Crippen molar-refractivity contribution in [3.05, 3.63) is 22.4 Å². The fraction of sp³-hybridized carbons (Fsp3) is 0.571. The third-order valence-corrected chi connectivity index (χ3v) is 4.76. The largest absolute Gasteiger partial charge is 0.368 e. The zero-order valence-electron chi connectivity index (χ0n) is 11.2. The normalized spacial score (nSPS) is 22.1. The van der Waals surface area contributed by atoms with Gasteiger partial charge in [-0.25, -0.2) is 0 Å². The van der Waals surface area contributed by atoms with Crippen molar-refractivity contribution in [1.82, 2.24) is 4.90 Å². The summed E-state index contributed by atoms with van der Waals surface area (Å²) in [5, 5.41) is 2.04. The molecule has 1 aromatic heterocycles. The van der Waals surface area contributed by atoms with Crippen molar-refractivity contribution in [2.24, 2.45) is 5.73 Å². The van der Waals surface area contributed by atoms with Crippen molar-refractivity contribution in [2.45, 2.75) is 44.6 Å². The molecule has 2 N–H and O–H groups in total. The SMILES string of the molecule is CCC(C(N)=O)N1CCCC(c2cccs2)CC1=O. The first-order valence-corrected chi connectivity index (χ1v) is 7.63. The number of rotatable bonds is 4. The van der Waals surface area contributed by atoms with Crippen LogP contribution < -0.4 is 5.73 Å². The van der Waals surface area contributed by atoms with Crippen molar-refractivity contribution in [3.63, 3.8) is 0 Å². The van der Waals surface area contributed by atoms with Gasteiger partial charge in [-0.2, -0.15) is 0 Å². The molecule has 1 aliphatic heterocycles. The number of primary amides is 1. The Balaban J connectivity index is 2.11. The lowest BCUT2D eigenvalue weighted by molar-refractivity contribution is -0.139. The van der Waals surface area contributed by atoms with Gasteiger partial charge in [0, 0.05) is 23.8 Å². The first-order chi connectivity index (χ1) is 9.13. The van der Waals surface area contributed by atoms with E-state index in [4.69, 9.17) is 5.73 Å². The van der Waals surface area contributed by atoms with E-state index in [-0.39, 0.29) is 5.91 Å². The zero-order chi connectivity index (χ0) is 13.8. The Morgan fingerprint density at radius 3 is 3.00 bits per heavy atom. The Hall–Kier alpha value is -1.36. The molecule has 1 aromatic rings. The molecule has 1 saturated heterocycles. The molecule has 5 heteroatoms. The number of thiophene rings is 1. The van der Waals surface area contributed by atoms with Crippen LogP contribution in [0, 0.1) is 0 Å². The summed E-state index contributed by atoms with van der Waals surface area (Å²) in [6.45, 7) is 2.53. The van der Waals surface area contributed by atoms with Crippen LogP contribution >= 0.6 is 11.3 Å². The standard InChI is InChI=1S/C14H20N2O2S/c1-2-11(14(15)18)16-7-3-5-10(9-13(16)17)12-6-4-8-19-12/h4,6,8,10-11H,2-3,5,7,9H2,1H3,(H2,15,18). The molecule has 0 radical (unpaired) electrons. The van der Waals surface area contributed by atoms with E-state index >= 15 is 0 Å². The molecule has 1 aliphatic rings. The van der Waals surface area contributed by atoms with Crippen LogP contribution in [0.2, 0.25) is 0 Å². The predicted octanol–water partition coefficient (Wildman–Crippen LogP) is 2.11. The van der Waals surface area contributed by atoms with Crippen LogP contribution in [0.1, 0.15) is 43.4 Å². The highest BCUT2D eigenvalue weighted by molar-refractivity contribution is 7.10. The minimum atomic E-state index is -0.449. The number of nitrogens with zero attached hydrogens (tertiary/aromatic N) is 1. The molecule has 104 valence electrons. The Bertz CT molecular complexity index is 444. The van der Waals surface area contributed by atoms with Crippen LogP contribution in [-0.4, -0.2) is 29.3 Å². The number of nitrogens with two attached hydrogens (primary N) is 1. The minimum Gasteiger partial charge on any atom is -0.368 e. The van der Waals surface area contributed by atoms with Crippen LogP contribution in [0.15, 0.2) is 17.5 Å². The maximum atomic E-state index is 12.3. The fourth-order valence-corrected chi connectivity index (χ4v) is 3.60. The Morgan fingerprint density at radius 2 is 2.42 bits per heavy atom. The Kier molecular flexibility index (Phi) is 4.58. The van der Waals surface area contributed by atoms with E-state index in [1.54, 1.807) is 16.2 Å². The summed E-state index contributed by atoms with van der Waals surface area (Å²) in [5.41, 5.74) is 5.39. The van der Waals surface area contributed by atoms with Gasteiger partial charge in [0.25, 0.3) is 0 Å². The van der Waals surface area contributed by atoms with Gasteiger partial charge in [0.15, 0.2) is 0 Å². The lowest BCUT2D eigenvalue weighted by atomic mass is 9.99. The number of carbonyl (C=O) groups is 2. The average Bonchev–Trinajstić information content (AvgIpc) is 2.83. The molecular weight excluding hydrogens is 260 g/mol. The predicted molar refractivity (Wildman–Crippen MR) is 75.9 cm³/mol. The third-order valence-electron chi connectivity index (χ3n) is 3.73. The lowest BCUT2D eigenvalue weighted by Crippen LogP contribution is -2.47. The average molecular weight is 280 g/mol. The van der Waals surface area contributed by atoms with E-state index in [9.17, 15) is 9.59 Å². The molecule has 19 heavy (non-hydrogen) atoms. The number of hydrogen-bond donors (Lipinski definition) is 1. The second kappa shape index (κ2) is 6.19. The maximum absolute atomic E-state index is 12.3. The van der Waals surface area contributed by atoms with E-state index in [2.05, 4.69) is 6.07 Å². The van der Waals surface area contributed by atoms with Gasteiger partial charge in [-0.05, 0) is 30.7 Å². The van der Waals surface area contributed by atoms with Gasteiger partial charge in [-0.3, -0.25) is 9.59 Å². The topological polar surface area (TPSA) is 63.4 Å². The first-order valence-electron chi connectivity index (χ1n) is 6.75. The summed E-state index contributed by atoms with van der Waals surface area (Å²) in [4.78, 5) is 26.7. The smallest absolute Gasteiger partial charge is 0.240 e. The number of likely N-dealkylation sites (tertiary alicyclic amines) is 1. The maximum Gasteiger partial charge on any atom is 0.240 e. The molecule has 0 bridgehead atoms. The van der Waals surface area contributed by atoms with Crippen molar-refractivity contribution in [1.29, 1.82) is 0 Å². The first kappa shape index (κ1) is 14.1. The van der Waals surface area contributed by atoms with E-state index < -0.39 is 11.9 Å². The highest BCUT2D eigenvalue weighted by atomic mass is 32.1. The molecule has 0 saturated carbocycles. The summed E-state index contributed by atoms with van der Waals surface area (Å²) < 4.78 is 0. The highest BCUT2D eigenvalue weighted by Crippen LogP contribution is 2.32. The van der Waals surface area contributed by atoms with Gasteiger partial charge >= 0.3 is 0 Å². The minimum absolute atomic E-state index is 0.0570. The molecule has 2 heterocycles. The Morgan fingerprint density at radius 1 is 1.63 bits per heavy atom.